The third kappa shape index (κ3) is 10.1. The monoisotopic (exact) mass is 688 g/mol. The van der Waals surface area contributed by atoms with Gasteiger partial charge in [-0.1, -0.05) is 3.89 Å². The zero-order chi connectivity index (χ0) is 34.5. The molecule has 2 unspecified atom stereocenters. The number of alkyl halides is 8. The molecule has 1 rings (SSSR count). The highest BCUT2D eigenvalue weighted by molar-refractivity contribution is 7.87. The summed E-state index contributed by atoms with van der Waals surface area (Å²) < 4.78 is 174. The molecule has 0 spiro atoms. The van der Waals surface area contributed by atoms with Crippen molar-refractivity contribution in [1.29, 1.82) is 0 Å². The van der Waals surface area contributed by atoms with Gasteiger partial charge in [0.1, 0.15) is 12.7 Å². The molecule has 5 atom stereocenters. The van der Waals surface area contributed by atoms with E-state index in [4.69, 9.17) is 28.4 Å². The second kappa shape index (κ2) is 14.5. The zero-order valence-electron chi connectivity index (χ0n) is 22.8. The number of halogens is 9. The van der Waals surface area contributed by atoms with Crippen LogP contribution in [0.5, 0.6) is 0 Å². The third-order valence-electron chi connectivity index (χ3n) is 5.19. The molecule has 1 heterocycles. The molecule has 1 saturated heterocycles. The molecular weight excluding hydrogens is 663 g/mol. The van der Waals surface area contributed by atoms with E-state index in [9.17, 15) is 66.6 Å². The van der Waals surface area contributed by atoms with Crippen molar-refractivity contribution in [1.82, 2.24) is 0 Å². The Kier molecular flexibility index (Phi) is 12.8. The van der Waals surface area contributed by atoms with Crippen molar-refractivity contribution in [2.75, 3.05) is 13.2 Å². The highest BCUT2D eigenvalue weighted by atomic mass is 32.3. The lowest BCUT2D eigenvalue weighted by atomic mass is 9.98. The van der Waals surface area contributed by atoms with Crippen molar-refractivity contribution < 1.29 is 99.8 Å². The number of esters is 4. The molecule has 44 heavy (non-hydrogen) atoms. The summed E-state index contributed by atoms with van der Waals surface area (Å²) in [6, 6.07) is 0. The topological polar surface area (TPSA) is 167 Å². The van der Waals surface area contributed by atoms with Crippen molar-refractivity contribution in [3.63, 3.8) is 0 Å². The first-order valence-electron chi connectivity index (χ1n) is 11.8. The van der Waals surface area contributed by atoms with E-state index < -0.39 is 114 Å². The van der Waals surface area contributed by atoms with E-state index >= 15 is 0 Å². The lowest BCUT2D eigenvalue weighted by molar-refractivity contribution is -0.456. The third-order valence-corrected chi connectivity index (χ3v) is 6.04. The van der Waals surface area contributed by atoms with Crippen molar-refractivity contribution >= 4 is 34.1 Å². The van der Waals surface area contributed by atoms with E-state index in [-0.39, 0.29) is 0 Å². The second-order valence-corrected chi connectivity index (χ2v) is 10.2. The van der Waals surface area contributed by atoms with E-state index in [0.717, 1.165) is 27.7 Å². The predicted octanol–water partition coefficient (Wildman–Crippen LogP) is 2.60. The van der Waals surface area contributed by atoms with Crippen LogP contribution in [0.3, 0.4) is 0 Å². The molecular formula is C21H25F9O13S. The number of carbonyl (C=O) groups excluding carboxylic acids is 4. The summed E-state index contributed by atoms with van der Waals surface area (Å²) >= 11 is 0. The lowest BCUT2D eigenvalue weighted by Gasteiger charge is -2.44. The average molecular weight is 688 g/mol. The Hall–Kier alpha value is -2.92. The summed E-state index contributed by atoms with van der Waals surface area (Å²) in [5, 5.41) is -6.97. The van der Waals surface area contributed by atoms with Crippen LogP contribution in [0, 0.1) is 0 Å². The normalized spacial score (nSPS) is 23.4. The van der Waals surface area contributed by atoms with Crippen molar-refractivity contribution in [2.45, 2.75) is 94.6 Å². The highest BCUT2D eigenvalue weighted by Crippen LogP contribution is 2.48. The van der Waals surface area contributed by atoms with E-state index in [1.165, 1.54) is 0 Å². The molecule has 0 amide bonds. The molecule has 0 aliphatic carbocycles. The molecule has 256 valence electrons. The summed E-state index contributed by atoms with van der Waals surface area (Å²) in [7, 11) is -7.60. The number of hydrogen-bond donors (Lipinski definition) is 0. The maximum atomic E-state index is 14.0. The predicted molar refractivity (Wildman–Crippen MR) is 118 cm³/mol. The van der Waals surface area contributed by atoms with Gasteiger partial charge in [-0.05, 0) is 6.42 Å². The molecule has 0 N–H and O–H groups in total. The average Bonchev–Trinajstić information content (AvgIpc) is 2.81. The second-order valence-electron chi connectivity index (χ2n) is 8.84. The Balaban J connectivity index is 3.18. The molecule has 1 aliphatic heterocycles. The summed E-state index contributed by atoms with van der Waals surface area (Å²) in [5.74, 6) is -9.78. The molecule has 13 nitrogen and oxygen atoms in total. The Morgan fingerprint density at radius 1 is 0.727 bits per heavy atom. The minimum atomic E-state index is -7.60. The first-order chi connectivity index (χ1) is 19.8. The van der Waals surface area contributed by atoms with Gasteiger partial charge in [-0.3, -0.25) is 19.2 Å². The molecule has 23 heteroatoms. The van der Waals surface area contributed by atoms with Crippen molar-refractivity contribution in [3.8, 4) is 0 Å². The fraction of sp³-hybridized carbons (Fsp3) is 0.810. The zero-order valence-corrected chi connectivity index (χ0v) is 23.6. The number of rotatable bonds is 15. The summed E-state index contributed by atoms with van der Waals surface area (Å²) in [6.07, 6.45) is -25.7. The molecule has 1 aliphatic rings. The molecule has 0 aromatic carbocycles. The summed E-state index contributed by atoms with van der Waals surface area (Å²) in [6.45, 7) is 1.73. The highest BCUT2D eigenvalue weighted by Gasteiger charge is 2.74. The Bertz CT molecular complexity index is 1170. The Morgan fingerprint density at radius 3 is 1.66 bits per heavy atom. The van der Waals surface area contributed by atoms with Crippen molar-refractivity contribution in [3.05, 3.63) is 0 Å². The summed E-state index contributed by atoms with van der Waals surface area (Å²) in [5.41, 5.74) is 0. The van der Waals surface area contributed by atoms with Crippen molar-refractivity contribution in [2.24, 2.45) is 0 Å². The van der Waals surface area contributed by atoms with Gasteiger partial charge in [0.2, 0.25) is 0 Å². The molecule has 1 fully saturated rings. The van der Waals surface area contributed by atoms with Crippen LogP contribution in [-0.2, 0) is 62.6 Å². The fourth-order valence-corrected chi connectivity index (χ4v) is 3.72. The molecule has 0 saturated carbocycles. The van der Waals surface area contributed by atoms with Crippen LogP contribution in [0.1, 0.15) is 40.5 Å². The first kappa shape index (κ1) is 39.1. The smallest absolute Gasteiger partial charge is 0.463 e. The first-order valence-corrected chi connectivity index (χ1v) is 13.2. The van der Waals surface area contributed by atoms with Gasteiger partial charge in [-0.15, -0.1) is 0 Å². The molecule has 0 aromatic rings. The Morgan fingerprint density at radius 2 is 1.20 bits per heavy atom. The number of hydrogen-bond acceptors (Lipinski definition) is 13. The van der Waals surface area contributed by atoms with Gasteiger partial charge >= 0.3 is 57.5 Å². The van der Waals surface area contributed by atoms with Gasteiger partial charge < -0.3 is 28.4 Å². The van der Waals surface area contributed by atoms with Crippen LogP contribution in [0.4, 0.5) is 39.0 Å². The van der Waals surface area contributed by atoms with Gasteiger partial charge in [0.05, 0.1) is 6.61 Å². The minimum Gasteiger partial charge on any atom is -0.463 e. The van der Waals surface area contributed by atoms with E-state index in [2.05, 4.69) is 4.74 Å². The Labute approximate surface area is 242 Å². The van der Waals surface area contributed by atoms with Crippen LogP contribution in [0.2, 0.25) is 0 Å². The SMILES string of the molecule is CC(=O)OCC1O[C@@H](OCCCC(F)(F)C(F)(F)OC(F)(F)C(F)(F)S(=O)(=O)F)C(OC(C)=O)[C@@H](OC(C)=O)[C@@H]1OC(C)=O. The van der Waals surface area contributed by atoms with Crippen LogP contribution in [0.25, 0.3) is 0 Å². The largest absolute Gasteiger partial charge is 0.464 e. The van der Waals surface area contributed by atoms with Gasteiger partial charge in [0.25, 0.3) is 0 Å². The summed E-state index contributed by atoms with van der Waals surface area (Å²) in [4.78, 5) is 46.4. The quantitative estimate of drug-likeness (QED) is 0.0811. The van der Waals surface area contributed by atoms with Gasteiger partial charge in [-0.2, -0.15) is 43.5 Å². The molecule has 0 radical (unpaired) electrons. The van der Waals surface area contributed by atoms with Gasteiger partial charge in [-0.25, -0.2) is 4.74 Å². The van der Waals surface area contributed by atoms with Crippen LogP contribution >= 0.6 is 0 Å². The van der Waals surface area contributed by atoms with Crippen LogP contribution in [-0.4, -0.2) is 99.6 Å². The minimum absolute atomic E-state index is 0.729. The van der Waals surface area contributed by atoms with E-state index in [1.54, 1.807) is 0 Å². The fourth-order valence-electron chi connectivity index (χ4n) is 3.40. The number of ether oxygens (including phenoxy) is 7. The maximum Gasteiger partial charge on any atom is 0.464 e. The van der Waals surface area contributed by atoms with E-state index in [0.29, 0.717) is 0 Å². The number of carbonyl (C=O) groups is 4. The van der Waals surface area contributed by atoms with E-state index in [1.807, 2.05) is 0 Å². The van der Waals surface area contributed by atoms with Crippen LogP contribution < -0.4 is 0 Å². The molecule has 0 bridgehead atoms. The lowest BCUT2D eigenvalue weighted by Crippen LogP contribution is -2.63. The van der Waals surface area contributed by atoms with Gasteiger partial charge in [0, 0.05) is 34.1 Å². The van der Waals surface area contributed by atoms with Crippen LogP contribution in [0.15, 0.2) is 0 Å². The standard InChI is InChI=1S/C21H25F9O13S/c1-9(31)38-8-13-14(39-10(2)32)15(40-11(3)33)16(41-12(4)34)17(42-13)37-7-5-6-18(22,23)19(24,25)43-20(26,27)21(28,29)44(30,35)36/h13-17H,5-8H2,1-4H3/t13?,14-,15+,16?,17-/m1/s1. The van der Waals surface area contributed by atoms with Gasteiger partial charge in [0.15, 0.2) is 24.6 Å². The maximum absolute atomic E-state index is 14.0. The molecule has 0 aromatic heterocycles.